The summed E-state index contributed by atoms with van der Waals surface area (Å²) in [5, 5.41) is 3.10. The Morgan fingerprint density at radius 2 is 1.70 bits per heavy atom. The van der Waals surface area contributed by atoms with Crippen LogP contribution in [0.1, 0.15) is 51.5 Å². The number of hydrogen-bond acceptors (Lipinski definition) is 1. The van der Waals surface area contributed by atoms with E-state index in [0.29, 0.717) is 17.3 Å². The van der Waals surface area contributed by atoms with E-state index < -0.39 is 0 Å². The molecular weight excluding hydrogens is 314 g/mol. The molecule has 2 nitrogen and oxygen atoms in total. The van der Waals surface area contributed by atoms with Gasteiger partial charge >= 0.3 is 0 Å². The van der Waals surface area contributed by atoms with Crippen LogP contribution < -0.4 is 5.32 Å². The first kappa shape index (κ1) is 17.2. The molecule has 0 saturated heterocycles. The van der Waals surface area contributed by atoms with Crippen LogP contribution in [0.2, 0.25) is 0 Å². The number of amides is 1. The first-order valence-electron chi connectivity index (χ1n) is 7.60. The standard InChI is InChI=1S/C17H26BrNO/c1-4-13(5-2)16(18)12-19-17(20)15(6-3)14-10-8-7-9-11-14/h7-11,13,15-16H,4-6,12H2,1-3H3,(H,19,20). The van der Waals surface area contributed by atoms with Gasteiger partial charge in [-0.1, -0.05) is 79.9 Å². The number of hydrogen-bond donors (Lipinski definition) is 1. The highest BCUT2D eigenvalue weighted by Crippen LogP contribution is 2.21. The molecule has 0 heterocycles. The van der Waals surface area contributed by atoms with Crippen LogP contribution >= 0.6 is 15.9 Å². The molecule has 0 spiro atoms. The summed E-state index contributed by atoms with van der Waals surface area (Å²) in [6, 6.07) is 10.0. The smallest absolute Gasteiger partial charge is 0.227 e. The van der Waals surface area contributed by atoms with Gasteiger partial charge in [0, 0.05) is 11.4 Å². The normalized spacial score (nSPS) is 14.1. The van der Waals surface area contributed by atoms with E-state index in [1.807, 2.05) is 30.3 Å². The third-order valence-electron chi connectivity index (χ3n) is 3.96. The molecule has 0 aliphatic heterocycles. The van der Waals surface area contributed by atoms with Gasteiger partial charge in [-0.2, -0.15) is 0 Å². The molecule has 112 valence electrons. The summed E-state index contributed by atoms with van der Waals surface area (Å²) in [4.78, 5) is 12.7. The Bertz CT molecular complexity index is 389. The van der Waals surface area contributed by atoms with Crippen LogP contribution in [0.3, 0.4) is 0 Å². The maximum absolute atomic E-state index is 12.3. The van der Waals surface area contributed by atoms with Crippen LogP contribution in [0.25, 0.3) is 0 Å². The van der Waals surface area contributed by atoms with E-state index in [-0.39, 0.29) is 11.8 Å². The minimum absolute atomic E-state index is 0.0439. The third-order valence-corrected chi connectivity index (χ3v) is 5.03. The zero-order valence-electron chi connectivity index (χ0n) is 12.7. The fourth-order valence-electron chi connectivity index (χ4n) is 2.55. The lowest BCUT2D eigenvalue weighted by atomic mass is 9.95. The Morgan fingerprint density at radius 1 is 1.10 bits per heavy atom. The zero-order valence-corrected chi connectivity index (χ0v) is 14.3. The fourth-order valence-corrected chi connectivity index (χ4v) is 3.46. The average molecular weight is 340 g/mol. The van der Waals surface area contributed by atoms with Crippen LogP contribution in [0.4, 0.5) is 0 Å². The molecule has 0 aromatic heterocycles. The molecule has 1 aromatic rings. The van der Waals surface area contributed by atoms with Gasteiger partial charge in [0.1, 0.15) is 0 Å². The molecule has 0 saturated carbocycles. The van der Waals surface area contributed by atoms with Gasteiger partial charge in [0.15, 0.2) is 0 Å². The van der Waals surface area contributed by atoms with Crippen LogP contribution in [0.5, 0.6) is 0 Å². The number of rotatable bonds is 8. The molecule has 0 fully saturated rings. The first-order chi connectivity index (χ1) is 9.63. The Balaban J connectivity index is 2.57. The summed E-state index contributed by atoms with van der Waals surface area (Å²) in [6.45, 7) is 7.16. The van der Waals surface area contributed by atoms with Crippen molar-refractivity contribution in [2.45, 2.75) is 50.8 Å². The van der Waals surface area contributed by atoms with Gasteiger partial charge in [-0.25, -0.2) is 0 Å². The molecule has 0 aliphatic rings. The molecule has 0 radical (unpaired) electrons. The molecule has 1 N–H and O–H groups in total. The minimum Gasteiger partial charge on any atom is -0.354 e. The molecule has 0 aliphatic carbocycles. The lowest BCUT2D eigenvalue weighted by molar-refractivity contribution is -0.122. The number of benzene rings is 1. The third kappa shape index (κ3) is 4.93. The molecule has 2 unspecified atom stereocenters. The van der Waals surface area contributed by atoms with Crippen molar-refractivity contribution in [3.63, 3.8) is 0 Å². The second-order valence-electron chi connectivity index (χ2n) is 5.21. The minimum atomic E-state index is -0.0439. The van der Waals surface area contributed by atoms with Crippen molar-refractivity contribution in [1.29, 1.82) is 0 Å². The Kier molecular flexibility index (Phi) is 7.90. The zero-order chi connectivity index (χ0) is 15.0. The van der Waals surface area contributed by atoms with E-state index in [1.165, 1.54) is 0 Å². The largest absolute Gasteiger partial charge is 0.354 e. The molecule has 2 atom stereocenters. The van der Waals surface area contributed by atoms with E-state index in [9.17, 15) is 4.79 Å². The Morgan fingerprint density at radius 3 is 2.20 bits per heavy atom. The fraction of sp³-hybridized carbons (Fsp3) is 0.588. The van der Waals surface area contributed by atoms with Gasteiger partial charge in [0.2, 0.25) is 5.91 Å². The van der Waals surface area contributed by atoms with Crippen molar-refractivity contribution in [3.8, 4) is 0 Å². The van der Waals surface area contributed by atoms with E-state index in [2.05, 4.69) is 42.0 Å². The summed E-state index contributed by atoms with van der Waals surface area (Å²) in [5.41, 5.74) is 1.10. The maximum Gasteiger partial charge on any atom is 0.227 e. The number of nitrogens with one attached hydrogen (secondary N) is 1. The van der Waals surface area contributed by atoms with Gasteiger partial charge in [0.25, 0.3) is 0 Å². The molecular formula is C17H26BrNO. The second kappa shape index (κ2) is 9.17. The van der Waals surface area contributed by atoms with Gasteiger partial charge in [-0.3, -0.25) is 4.79 Å². The summed E-state index contributed by atoms with van der Waals surface area (Å²) in [7, 11) is 0. The summed E-state index contributed by atoms with van der Waals surface area (Å²) >= 11 is 3.71. The molecule has 20 heavy (non-hydrogen) atoms. The van der Waals surface area contributed by atoms with Gasteiger partial charge in [0.05, 0.1) is 5.92 Å². The topological polar surface area (TPSA) is 29.1 Å². The van der Waals surface area contributed by atoms with Gasteiger partial charge in [-0.15, -0.1) is 0 Å². The van der Waals surface area contributed by atoms with Crippen LogP contribution in [0, 0.1) is 5.92 Å². The summed E-state index contributed by atoms with van der Waals surface area (Å²) in [6.07, 6.45) is 3.10. The van der Waals surface area contributed by atoms with Crippen LogP contribution in [-0.2, 0) is 4.79 Å². The van der Waals surface area contributed by atoms with Crippen molar-refractivity contribution < 1.29 is 4.79 Å². The van der Waals surface area contributed by atoms with Crippen molar-refractivity contribution in [1.82, 2.24) is 5.32 Å². The van der Waals surface area contributed by atoms with E-state index >= 15 is 0 Å². The lowest BCUT2D eigenvalue weighted by Gasteiger charge is -2.22. The maximum atomic E-state index is 12.3. The molecule has 1 rings (SSSR count). The van der Waals surface area contributed by atoms with Gasteiger partial charge in [-0.05, 0) is 17.9 Å². The quantitative estimate of drug-likeness (QED) is 0.694. The van der Waals surface area contributed by atoms with Gasteiger partial charge < -0.3 is 5.32 Å². The first-order valence-corrected chi connectivity index (χ1v) is 8.52. The summed E-state index contributed by atoms with van der Waals surface area (Å²) in [5.74, 6) is 0.707. The highest BCUT2D eigenvalue weighted by Gasteiger charge is 2.21. The van der Waals surface area contributed by atoms with E-state index in [0.717, 1.165) is 24.8 Å². The number of halogens is 1. The highest BCUT2D eigenvalue weighted by atomic mass is 79.9. The predicted octanol–water partition coefficient (Wildman–Crippen LogP) is 4.50. The number of carbonyl (C=O) groups is 1. The molecule has 0 bridgehead atoms. The van der Waals surface area contributed by atoms with E-state index in [4.69, 9.17) is 0 Å². The van der Waals surface area contributed by atoms with Crippen molar-refractivity contribution in [3.05, 3.63) is 35.9 Å². The van der Waals surface area contributed by atoms with Crippen molar-refractivity contribution >= 4 is 21.8 Å². The lowest BCUT2D eigenvalue weighted by Crippen LogP contribution is -2.35. The molecule has 1 aromatic carbocycles. The number of alkyl halides is 1. The van der Waals surface area contributed by atoms with Crippen molar-refractivity contribution in [2.75, 3.05) is 6.54 Å². The highest BCUT2D eigenvalue weighted by molar-refractivity contribution is 9.09. The molecule has 1 amide bonds. The second-order valence-corrected chi connectivity index (χ2v) is 6.39. The van der Waals surface area contributed by atoms with Crippen LogP contribution in [0.15, 0.2) is 30.3 Å². The van der Waals surface area contributed by atoms with E-state index in [1.54, 1.807) is 0 Å². The SMILES string of the molecule is CCC(C(=O)NCC(Br)C(CC)CC)c1ccccc1. The summed E-state index contributed by atoms with van der Waals surface area (Å²) < 4.78 is 0. The molecule has 3 heteroatoms. The number of carbonyl (C=O) groups excluding carboxylic acids is 1. The average Bonchev–Trinajstić information content (AvgIpc) is 2.48. The van der Waals surface area contributed by atoms with Crippen LogP contribution in [-0.4, -0.2) is 17.3 Å². The monoisotopic (exact) mass is 339 g/mol. The Hall–Kier alpha value is -0.830. The predicted molar refractivity (Wildman–Crippen MR) is 89.3 cm³/mol. The Labute approximate surface area is 131 Å². The van der Waals surface area contributed by atoms with Crippen molar-refractivity contribution in [2.24, 2.45) is 5.92 Å².